The third-order valence-electron chi connectivity index (χ3n) is 4.31. The van der Waals surface area contributed by atoms with Crippen LogP contribution in [-0.4, -0.2) is 33.1 Å². The number of aliphatic imine (C=N–C) groups is 1. The van der Waals surface area contributed by atoms with Gasteiger partial charge in [-0.1, -0.05) is 19.1 Å². The molecule has 156 valence electrons. The van der Waals surface area contributed by atoms with Crippen molar-refractivity contribution in [2.24, 2.45) is 4.99 Å². The highest BCUT2D eigenvalue weighted by Crippen LogP contribution is 2.24. The molecular formula is C22H30N4O3. The average Bonchev–Trinajstić information content (AvgIpc) is 2.74. The molecule has 0 aliphatic carbocycles. The van der Waals surface area contributed by atoms with Crippen molar-refractivity contribution in [1.29, 1.82) is 0 Å². The molecule has 2 rings (SSSR count). The minimum atomic E-state index is 0.0310. The zero-order valence-corrected chi connectivity index (χ0v) is 17.5. The Bertz CT molecular complexity index is 837. The fourth-order valence-corrected chi connectivity index (χ4v) is 2.79. The number of anilines is 1. The van der Waals surface area contributed by atoms with E-state index < -0.39 is 0 Å². The van der Waals surface area contributed by atoms with Gasteiger partial charge in [0.15, 0.2) is 5.96 Å². The number of methoxy groups -OCH3 is 2. The van der Waals surface area contributed by atoms with Gasteiger partial charge in [-0.2, -0.15) is 0 Å². The van der Waals surface area contributed by atoms with Gasteiger partial charge in [-0.15, -0.1) is 0 Å². The SMILES string of the molecule is CCCC(=O)Nc1cccc(CNC(=NC)NCc2ccc(OC)cc2OC)c1. The van der Waals surface area contributed by atoms with E-state index in [0.717, 1.165) is 34.7 Å². The molecule has 1 amide bonds. The van der Waals surface area contributed by atoms with Crippen LogP contribution in [0.15, 0.2) is 47.5 Å². The van der Waals surface area contributed by atoms with E-state index in [4.69, 9.17) is 9.47 Å². The molecule has 0 bridgehead atoms. The van der Waals surface area contributed by atoms with Crippen LogP contribution in [0.4, 0.5) is 5.69 Å². The first-order valence-electron chi connectivity index (χ1n) is 9.63. The molecule has 0 aromatic heterocycles. The molecule has 0 unspecified atom stereocenters. The first-order chi connectivity index (χ1) is 14.1. The lowest BCUT2D eigenvalue weighted by Crippen LogP contribution is -2.36. The lowest BCUT2D eigenvalue weighted by Gasteiger charge is -2.15. The van der Waals surface area contributed by atoms with E-state index in [9.17, 15) is 4.79 Å². The zero-order chi connectivity index (χ0) is 21.1. The first-order valence-corrected chi connectivity index (χ1v) is 9.63. The number of guanidine groups is 1. The number of benzene rings is 2. The number of carbonyl (C=O) groups is 1. The molecule has 7 heteroatoms. The van der Waals surface area contributed by atoms with Gasteiger partial charge in [0.1, 0.15) is 11.5 Å². The summed E-state index contributed by atoms with van der Waals surface area (Å²) in [4.78, 5) is 16.0. The fourth-order valence-electron chi connectivity index (χ4n) is 2.79. The van der Waals surface area contributed by atoms with Crippen LogP contribution >= 0.6 is 0 Å². The third-order valence-corrected chi connectivity index (χ3v) is 4.31. The van der Waals surface area contributed by atoms with Gasteiger partial charge in [0.25, 0.3) is 0 Å². The van der Waals surface area contributed by atoms with Gasteiger partial charge in [-0.25, -0.2) is 0 Å². The Labute approximate surface area is 172 Å². The van der Waals surface area contributed by atoms with Crippen molar-refractivity contribution in [2.75, 3.05) is 26.6 Å². The molecular weight excluding hydrogens is 368 g/mol. The number of hydrogen-bond acceptors (Lipinski definition) is 4. The number of nitrogens with zero attached hydrogens (tertiary/aromatic N) is 1. The van der Waals surface area contributed by atoms with Crippen LogP contribution in [0.2, 0.25) is 0 Å². The zero-order valence-electron chi connectivity index (χ0n) is 17.5. The summed E-state index contributed by atoms with van der Waals surface area (Å²) in [5.74, 6) is 2.20. The summed E-state index contributed by atoms with van der Waals surface area (Å²) in [5, 5.41) is 9.48. The summed E-state index contributed by atoms with van der Waals surface area (Å²) in [7, 11) is 4.99. The van der Waals surface area contributed by atoms with Crippen LogP contribution in [0.25, 0.3) is 0 Å². The van der Waals surface area contributed by atoms with E-state index in [-0.39, 0.29) is 5.91 Å². The molecule has 0 heterocycles. The Hall–Kier alpha value is -3.22. The van der Waals surface area contributed by atoms with Gasteiger partial charge in [-0.3, -0.25) is 9.79 Å². The highest BCUT2D eigenvalue weighted by molar-refractivity contribution is 5.90. The summed E-state index contributed by atoms with van der Waals surface area (Å²) in [6, 6.07) is 13.5. The highest BCUT2D eigenvalue weighted by Gasteiger charge is 2.07. The van der Waals surface area contributed by atoms with Crippen LogP contribution in [0.1, 0.15) is 30.9 Å². The van der Waals surface area contributed by atoms with E-state index in [1.54, 1.807) is 21.3 Å². The lowest BCUT2D eigenvalue weighted by molar-refractivity contribution is -0.116. The van der Waals surface area contributed by atoms with Crippen LogP contribution < -0.4 is 25.4 Å². The van der Waals surface area contributed by atoms with Gasteiger partial charge in [0.2, 0.25) is 5.91 Å². The summed E-state index contributed by atoms with van der Waals surface area (Å²) in [5.41, 5.74) is 2.84. The summed E-state index contributed by atoms with van der Waals surface area (Å²) < 4.78 is 10.7. The molecule has 0 saturated carbocycles. The number of amides is 1. The number of carbonyl (C=O) groups excluding carboxylic acids is 1. The number of nitrogens with one attached hydrogen (secondary N) is 3. The van der Waals surface area contributed by atoms with Crippen molar-refractivity contribution in [3.05, 3.63) is 53.6 Å². The Kier molecular flexibility index (Phi) is 8.82. The molecule has 29 heavy (non-hydrogen) atoms. The second-order valence-corrected chi connectivity index (χ2v) is 6.46. The third kappa shape index (κ3) is 7.03. The van der Waals surface area contributed by atoms with E-state index in [1.165, 1.54) is 0 Å². The minimum absolute atomic E-state index is 0.0310. The van der Waals surface area contributed by atoms with Crippen LogP contribution in [0, 0.1) is 0 Å². The second kappa shape index (κ2) is 11.6. The smallest absolute Gasteiger partial charge is 0.224 e. The van der Waals surface area contributed by atoms with E-state index in [0.29, 0.717) is 25.5 Å². The van der Waals surface area contributed by atoms with Gasteiger partial charge >= 0.3 is 0 Å². The number of ether oxygens (including phenoxy) is 2. The van der Waals surface area contributed by atoms with Gasteiger partial charge in [0, 0.05) is 43.9 Å². The first kappa shape index (κ1) is 22.1. The average molecular weight is 399 g/mol. The van der Waals surface area contributed by atoms with Crippen molar-refractivity contribution in [3.8, 4) is 11.5 Å². The molecule has 0 atom stereocenters. The lowest BCUT2D eigenvalue weighted by atomic mass is 10.2. The maximum atomic E-state index is 11.8. The molecule has 0 radical (unpaired) electrons. The summed E-state index contributed by atoms with van der Waals surface area (Å²) in [6.07, 6.45) is 1.35. The van der Waals surface area contributed by atoms with Crippen LogP contribution in [0.3, 0.4) is 0 Å². The quantitative estimate of drug-likeness (QED) is 0.446. The second-order valence-electron chi connectivity index (χ2n) is 6.46. The minimum Gasteiger partial charge on any atom is -0.497 e. The number of rotatable bonds is 9. The molecule has 2 aromatic rings. The largest absolute Gasteiger partial charge is 0.497 e. The van der Waals surface area contributed by atoms with Crippen molar-refractivity contribution in [1.82, 2.24) is 10.6 Å². The van der Waals surface area contributed by atoms with Crippen LogP contribution in [-0.2, 0) is 17.9 Å². The van der Waals surface area contributed by atoms with Gasteiger partial charge < -0.3 is 25.4 Å². The van der Waals surface area contributed by atoms with E-state index in [2.05, 4.69) is 20.9 Å². The molecule has 0 aliphatic heterocycles. The van der Waals surface area contributed by atoms with Gasteiger partial charge in [0.05, 0.1) is 14.2 Å². The molecule has 0 spiro atoms. The molecule has 7 nitrogen and oxygen atoms in total. The Morgan fingerprint density at radius 3 is 2.52 bits per heavy atom. The molecule has 2 aromatic carbocycles. The summed E-state index contributed by atoms with van der Waals surface area (Å²) >= 11 is 0. The summed E-state index contributed by atoms with van der Waals surface area (Å²) in [6.45, 7) is 3.12. The number of hydrogen-bond donors (Lipinski definition) is 3. The van der Waals surface area contributed by atoms with E-state index >= 15 is 0 Å². The Morgan fingerprint density at radius 2 is 1.83 bits per heavy atom. The van der Waals surface area contributed by atoms with Crippen molar-refractivity contribution in [2.45, 2.75) is 32.9 Å². The Balaban J connectivity index is 1.92. The topological polar surface area (TPSA) is 84.0 Å². The molecule has 0 saturated heterocycles. The molecule has 0 fully saturated rings. The van der Waals surface area contributed by atoms with Crippen molar-refractivity contribution >= 4 is 17.6 Å². The van der Waals surface area contributed by atoms with Crippen molar-refractivity contribution < 1.29 is 14.3 Å². The molecule has 0 aliphatic rings. The van der Waals surface area contributed by atoms with Gasteiger partial charge in [-0.05, 0) is 36.2 Å². The predicted molar refractivity (Wildman–Crippen MR) is 117 cm³/mol. The van der Waals surface area contributed by atoms with Crippen LogP contribution in [0.5, 0.6) is 11.5 Å². The highest BCUT2D eigenvalue weighted by atomic mass is 16.5. The monoisotopic (exact) mass is 398 g/mol. The normalized spacial score (nSPS) is 11.0. The standard InChI is InChI=1S/C22H30N4O3/c1-5-7-21(27)26-18-9-6-8-16(12-18)14-24-22(23-2)25-15-17-10-11-19(28-3)13-20(17)29-4/h6,8-13H,5,7,14-15H2,1-4H3,(H,26,27)(H2,23,24,25). The Morgan fingerprint density at radius 1 is 1.03 bits per heavy atom. The van der Waals surface area contributed by atoms with E-state index in [1.807, 2.05) is 49.4 Å². The molecule has 3 N–H and O–H groups in total. The maximum absolute atomic E-state index is 11.8. The maximum Gasteiger partial charge on any atom is 0.224 e. The van der Waals surface area contributed by atoms with Crippen molar-refractivity contribution in [3.63, 3.8) is 0 Å². The fraction of sp³-hybridized carbons (Fsp3) is 0.364. The predicted octanol–water partition coefficient (Wildman–Crippen LogP) is 3.31.